The maximum atomic E-state index is 10.7. The fourth-order valence-corrected chi connectivity index (χ4v) is 3.28. The maximum Gasteiger partial charge on any atom is 0.303 e. The predicted molar refractivity (Wildman–Crippen MR) is 85.5 cm³/mol. The molecule has 1 aliphatic rings. The molecule has 3 nitrogen and oxygen atoms in total. The molecular weight excluding hydrogens is 262 g/mol. The van der Waals surface area contributed by atoms with E-state index in [2.05, 4.69) is 45.9 Å². The summed E-state index contributed by atoms with van der Waals surface area (Å²) in [4.78, 5) is 10.7. The van der Waals surface area contributed by atoms with E-state index in [0.29, 0.717) is 6.42 Å². The lowest BCUT2D eigenvalue weighted by molar-refractivity contribution is -0.137. The molecule has 1 aromatic carbocycles. The van der Waals surface area contributed by atoms with Crippen LogP contribution in [0.2, 0.25) is 0 Å². The summed E-state index contributed by atoms with van der Waals surface area (Å²) < 4.78 is 0. The number of rotatable bonds is 4. The number of carbonyl (C=O) groups is 1. The van der Waals surface area contributed by atoms with E-state index in [9.17, 15) is 4.79 Å². The molecule has 0 fully saturated rings. The van der Waals surface area contributed by atoms with Gasteiger partial charge < -0.3 is 10.8 Å². The number of hydrogen-bond donors (Lipinski definition) is 2. The van der Waals surface area contributed by atoms with E-state index in [1.54, 1.807) is 0 Å². The molecular formula is C18H27NO2. The highest BCUT2D eigenvalue weighted by Crippen LogP contribution is 2.46. The molecule has 0 spiro atoms. The van der Waals surface area contributed by atoms with Crippen molar-refractivity contribution < 1.29 is 9.90 Å². The third-order valence-corrected chi connectivity index (χ3v) is 4.97. The van der Waals surface area contributed by atoms with Gasteiger partial charge in [-0.1, -0.05) is 45.9 Å². The van der Waals surface area contributed by atoms with Crippen LogP contribution in [0.4, 0.5) is 0 Å². The highest BCUT2D eigenvalue weighted by atomic mass is 16.4. The Balaban J connectivity index is 2.35. The normalized spacial score (nSPS) is 20.6. The van der Waals surface area contributed by atoms with Crippen LogP contribution in [0.15, 0.2) is 18.2 Å². The van der Waals surface area contributed by atoms with Crippen LogP contribution in [-0.4, -0.2) is 11.1 Å². The summed E-state index contributed by atoms with van der Waals surface area (Å²) in [5.41, 5.74) is 10.4. The summed E-state index contributed by atoms with van der Waals surface area (Å²) in [5.74, 6) is -0.787. The first-order chi connectivity index (χ1) is 9.63. The number of carboxylic acids is 1. The number of carboxylic acid groups (broad SMARTS) is 1. The molecule has 1 aromatic rings. The molecule has 116 valence electrons. The van der Waals surface area contributed by atoms with Crippen molar-refractivity contribution in [1.29, 1.82) is 0 Å². The first-order valence-corrected chi connectivity index (χ1v) is 7.76. The Morgan fingerprint density at radius 3 is 2.33 bits per heavy atom. The monoisotopic (exact) mass is 289 g/mol. The maximum absolute atomic E-state index is 10.7. The zero-order chi connectivity index (χ0) is 15.8. The molecule has 0 bridgehead atoms. The van der Waals surface area contributed by atoms with Gasteiger partial charge in [0.2, 0.25) is 0 Å². The van der Waals surface area contributed by atoms with Crippen LogP contribution >= 0.6 is 0 Å². The lowest BCUT2D eigenvalue weighted by Gasteiger charge is -2.42. The molecule has 21 heavy (non-hydrogen) atoms. The zero-order valence-electron chi connectivity index (χ0n) is 13.6. The Morgan fingerprint density at radius 2 is 1.76 bits per heavy atom. The standard InChI is InChI=1S/C18H27NO2/c1-17(2)9-10-18(3,4)14-11-12(5-6-13(14)17)15(19)7-8-16(20)21/h5-6,11,15H,7-10,19H2,1-4H3,(H,20,21). The minimum absolute atomic E-state index is 0.118. The van der Waals surface area contributed by atoms with Crippen molar-refractivity contribution in [1.82, 2.24) is 0 Å². The second-order valence-corrected chi connectivity index (χ2v) is 7.61. The summed E-state index contributed by atoms with van der Waals surface area (Å²) in [6, 6.07) is 6.29. The fraction of sp³-hybridized carbons (Fsp3) is 0.611. The van der Waals surface area contributed by atoms with E-state index in [4.69, 9.17) is 10.8 Å². The van der Waals surface area contributed by atoms with Gasteiger partial charge in [-0.05, 0) is 46.8 Å². The van der Waals surface area contributed by atoms with Gasteiger partial charge in [0.25, 0.3) is 0 Å². The molecule has 3 heteroatoms. The molecule has 0 aliphatic heterocycles. The summed E-state index contributed by atoms with van der Waals surface area (Å²) in [6.07, 6.45) is 2.96. The van der Waals surface area contributed by atoms with E-state index in [1.165, 1.54) is 24.0 Å². The highest BCUT2D eigenvalue weighted by Gasteiger charge is 2.37. The number of benzene rings is 1. The first kappa shape index (κ1) is 16.0. The average molecular weight is 289 g/mol. The lowest BCUT2D eigenvalue weighted by atomic mass is 9.63. The molecule has 0 amide bonds. The second kappa shape index (κ2) is 5.45. The van der Waals surface area contributed by atoms with Crippen LogP contribution in [0.5, 0.6) is 0 Å². The van der Waals surface area contributed by atoms with Gasteiger partial charge in [0.1, 0.15) is 0 Å². The molecule has 2 rings (SSSR count). The van der Waals surface area contributed by atoms with Crippen molar-refractivity contribution in [2.24, 2.45) is 5.73 Å². The van der Waals surface area contributed by atoms with Crippen molar-refractivity contribution in [2.45, 2.75) is 70.3 Å². The van der Waals surface area contributed by atoms with Gasteiger partial charge in [0.05, 0.1) is 0 Å². The number of nitrogens with two attached hydrogens (primary N) is 1. The quantitative estimate of drug-likeness (QED) is 0.883. The fourth-order valence-electron chi connectivity index (χ4n) is 3.28. The third kappa shape index (κ3) is 3.29. The molecule has 0 aromatic heterocycles. The topological polar surface area (TPSA) is 63.3 Å². The van der Waals surface area contributed by atoms with Crippen molar-refractivity contribution in [2.75, 3.05) is 0 Å². The first-order valence-electron chi connectivity index (χ1n) is 7.76. The summed E-state index contributed by atoms with van der Waals surface area (Å²) in [6.45, 7) is 9.16. The van der Waals surface area contributed by atoms with Gasteiger partial charge in [-0.15, -0.1) is 0 Å². The minimum atomic E-state index is -0.787. The third-order valence-electron chi connectivity index (χ3n) is 4.97. The Morgan fingerprint density at radius 1 is 1.19 bits per heavy atom. The molecule has 1 unspecified atom stereocenters. The van der Waals surface area contributed by atoms with E-state index in [1.807, 2.05) is 0 Å². The van der Waals surface area contributed by atoms with Crippen molar-refractivity contribution in [3.8, 4) is 0 Å². The smallest absolute Gasteiger partial charge is 0.303 e. The predicted octanol–water partition coefficient (Wildman–Crippen LogP) is 3.90. The van der Waals surface area contributed by atoms with E-state index in [-0.39, 0.29) is 23.3 Å². The second-order valence-electron chi connectivity index (χ2n) is 7.61. The lowest BCUT2D eigenvalue weighted by Crippen LogP contribution is -2.34. The number of aliphatic carboxylic acids is 1. The number of fused-ring (bicyclic) bond motifs is 1. The van der Waals surface area contributed by atoms with Crippen LogP contribution in [0, 0.1) is 0 Å². The molecule has 0 saturated heterocycles. The zero-order valence-corrected chi connectivity index (χ0v) is 13.6. The van der Waals surface area contributed by atoms with E-state index < -0.39 is 5.97 Å². The summed E-state index contributed by atoms with van der Waals surface area (Å²) in [5, 5.41) is 8.80. The Hall–Kier alpha value is -1.35. The summed E-state index contributed by atoms with van der Waals surface area (Å²) >= 11 is 0. The van der Waals surface area contributed by atoms with Crippen LogP contribution < -0.4 is 5.73 Å². The minimum Gasteiger partial charge on any atom is -0.481 e. The van der Waals surface area contributed by atoms with Crippen molar-refractivity contribution in [3.05, 3.63) is 34.9 Å². The van der Waals surface area contributed by atoms with Gasteiger partial charge in [0.15, 0.2) is 0 Å². The molecule has 0 radical (unpaired) electrons. The Bertz CT molecular complexity index is 546. The molecule has 0 heterocycles. The van der Waals surface area contributed by atoms with Gasteiger partial charge in [0, 0.05) is 12.5 Å². The van der Waals surface area contributed by atoms with Gasteiger partial charge >= 0.3 is 5.97 Å². The largest absolute Gasteiger partial charge is 0.481 e. The SMILES string of the molecule is CC1(C)CCC(C)(C)c2cc(C(N)CCC(=O)O)ccc21. The molecule has 1 atom stereocenters. The summed E-state index contributed by atoms with van der Waals surface area (Å²) in [7, 11) is 0. The van der Waals surface area contributed by atoms with Crippen molar-refractivity contribution >= 4 is 5.97 Å². The average Bonchev–Trinajstić information content (AvgIpc) is 2.41. The molecule has 0 saturated carbocycles. The van der Waals surface area contributed by atoms with Crippen LogP contribution in [-0.2, 0) is 15.6 Å². The highest BCUT2D eigenvalue weighted by molar-refractivity contribution is 5.66. The van der Waals surface area contributed by atoms with Gasteiger partial charge in [-0.2, -0.15) is 0 Å². The van der Waals surface area contributed by atoms with Crippen molar-refractivity contribution in [3.63, 3.8) is 0 Å². The van der Waals surface area contributed by atoms with Gasteiger partial charge in [-0.25, -0.2) is 0 Å². The van der Waals surface area contributed by atoms with Crippen LogP contribution in [0.1, 0.15) is 76.1 Å². The van der Waals surface area contributed by atoms with E-state index in [0.717, 1.165) is 5.56 Å². The number of hydrogen-bond acceptors (Lipinski definition) is 2. The molecule has 1 aliphatic carbocycles. The van der Waals surface area contributed by atoms with Gasteiger partial charge in [-0.3, -0.25) is 4.79 Å². The van der Waals surface area contributed by atoms with E-state index >= 15 is 0 Å². The Kier molecular flexibility index (Phi) is 4.16. The molecule has 3 N–H and O–H groups in total. The Labute approximate surface area is 127 Å². The van der Waals surface area contributed by atoms with Crippen LogP contribution in [0.25, 0.3) is 0 Å². The van der Waals surface area contributed by atoms with Crippen LogP contribution in [0.3, 0.4) is 0 Å².